The van der Waals surface area contributed by atoms with Gasteiger partial charge in [-0.05, 0) is 48.7 Å². The first kappa shape index (κ1) is 17.8. The summed E-state index contributed by atoms with van der Waals surface area (Å²) in [5.41, 5.74) is 2.24. The number of hydrogen-bond acceptors (Lipinski definition) is 5. The van der Waals surface area contributed by atoms with Crippen LogP contribution in [0, 0.1) is 12.7 Å². The fourth-order valence-corrected chi connectivity index (χ4v) is 4.87. The van der Waals surface area contributed by atoms with E-state index in [1.807, 2.05) is 0 Å². The van der Waals surface area contributed by atoms with Gasteiger partial charge in [0, 0.05) is 4.88 Å². The SMILES string of the molecule is CCc1c(C)sc2c1c1nc(-c3ccco3)nn1c(=O)n2Cc1ccc(F)cc1. The number of halogens is 1. The van der Waals surface area contributed by atoms with Crippen molar-refractivity contribution in [1.29, 1.82) is 0 Å². The van der Waals surface area contributed by atoms with Crippen molar-refractivity contribution >= 4 is 27.2 Å². The standard InChI is InChI=1S/C21H17FN4O2S/c1-3-15-12(2)29-20-17(15)19-23-18(16-5-4-10-28-16)24-26(19)21(27)25(20)11-13-6-8-14(22)9-7-13/h4-10H,3,11H2,1-2H3. The molecule has 0 aliphatic heterocycles. The Kier molecular flexibility index (Phi) is 4.09. The molecule has 0 aliphatic carbocycles. The zero-order valence-corrected chi connectivity index (χ0v) is 16.7. The third kappa shape index (κ3) is 2.79. The number of hydrogen-bond donors (Lipinski definition) is 0. The highest BCUT2D eigenvalue weighted by Crippen LogP contribution is 2.33. The fraction of sp³-hybridized carbons (Fsp3) is 0.190. The van der Waals surface area contributed by atoms with Crippen molar-refractivity contribution in [2.45, 2.75) is 26.8 Å². The van der Waals surface area contributed by atoms with Crippen LogP contribution in [0.5, 0.6) is 0 Å². The Morgan fingerprint density at radius 3 is 2.69 bits per heavy atom. The molecule has 146 valence electrons. The van der Waals surface area contributed by atoms with E-state index in [4.69, 9.17) is 4.42 Å². The van der Waals surface area contributed by atoms with Crippen molar-refractivity contribution in [3.63, 3.8) is 0 Å². The Morgan fingerprint density at radius 2 is 2.00 bits per heavy atom. The van der Waals surface area contributed by atoms with Gasteiger partial charge in [0.2, 0.25) is 5.82 Å². The van der Waals surface area contributed by atoms with Crippen LogP contribution in [0.3, 0.4) is 0 Å². The summed E-state index contributed by atoms with van der Waals surface area (Å²) in [5.74, 6) is 0.580. The van der Waals surface area contributed by atoms with Crippen LogP contribution in [0.1, 0.15) is 22.9 Å². The summed E-state index contributed by atoms with van der Waals surface area (Å²) < 4.78 is 21.8. The van der Waals surface area contributed by atoms with Crippen LogP contribution in [-0.4, -0.2) is 19.2 Å². The lowest BCUT2D eigenvalue weighted by atomic mass is 10.1. The molecular weight excluding hydrogens is 391 g/mol. The first-order valence-electron chi connectivity index (χ1n) is 9.26. The van der Waals surface area contributed by atoms with Gasteiger partial charge in [0.25, 0.3) is 0 Å². The zero-order chi connectivity index (χ0) is 20.1. The molecule has 0 atom stereocenters. The molecule has 0 radical (unpaired) electrons. The van der Waals surface area contributed by atoms with Gasteiger partial charge in [-0.25, -0.2) is 14.2 Å². The average Bonchev–Trinajstić information content (AvgIpc) is 3.44. The smallest absolute Gasteiger partial charge is 0.352 e. The molecule has 1 aromatic carbocycles. The Balaban J connectivity index is 1.82. The number of furan rings is 1. The van der Waals surface area contributed by atoms with Crippen molar-refractivity contribution in [3.8, 4) is 11.6 Å². The molecule has 0 saturated carbocycles. The maximum Gasteiger partial charge on any atom is 0.352 e. The van der Waals surface area contributed by atoms with Crippen molar-refractivity contribution in [2.75, 3.05) is 0 Å². The van der Waals surface area contributed by atoms with Crippen molar-refractivity contribution in [1.82, 2.24) is 19.2 Å². The second kappa shape index (κ2) is 6.66. The predicted molar refractivity (Wildman–Crippen MR) is 110 cm³/mol. The third-order valence-electron chi connectivity index (χ3n) is 5.03. The van der Waals surface area contributed by atoms with Gasteiger partial charge in [-0.3, -0.25) is 4.57 Å². The Morgan fingerprint density at radius 1 is 1.21 bits per heavy atom. The molecule has 29 heavy (non-hydrogen) atoms. The normalized spacial score (nSPS) is 11.7. The molecule has 0 amide bonds. The van der Waals surface area contributed by atoms with E-state index >= 15 is 0 Å². The van der Waals surface area contributed by atoms with Crippen LogP contribution in [-0.2, 0) is 13.0 Å². The van der Waals surface area contributed by atoms with E-state index in [-0.39, 0.29) is 11.5 Å². The van der Waals surface area contributed by atoms with Crippen molar-refractivity contribution < 1.29 is 8.81 Å². The van der Waals surface area contributed by atoms with E-state index in [1.165, 1.54) is 16.6 Å². The first-order chi connectivity index (χ1) is 14.1. The van der Waals surface area contributed by atoms with Crippen molar-refractivity contribution in [2.24, 2.45) is 0 Å². The van der Waals surface area contributed by atoms with Gasteiger partial charge in [-0.15, -0.1) is 16.4 Å². The summed E-state index contributed by atoms with van der Waals surface area (Å²) >= 11 is 1.57. The number of fused-ring (bicyclic) bond motifs is 3. The van der Waals surface area contributed by atoms with Crippen LogP contribution < -0.4 is 5.69 Å². The monoisotopic (exact) mass is 408 g/mol. The molecule has 5 aromatic rings. The number of aromatic nitrogens is 4. The van der Waals surface area contributed by atoms with Gasteiger partial charge in [0.05, 0.1) is 18.2 Å². The molecule has 4 aromatic heterocycles. The van der Waals surface area contributed by atoms with Crippen LogP contribution in [0.25, 0.3) is 27.4 Å². The number of benzene rings is 1. The summed E-state index contributed by atoms with van der Waals surface area (Å²) in [6, 6.07) is 9.71. The van der Waals surface area contributed by atoms with E-state index in [0.717, 1.165) is 32.6 Å². The summed E-state index contributed by atoms with van der Waals surface area (Å²) in [6.45, 7) is 4.46. The van der Waals surface area contributed by atoms with E-state index < -0.39 is 0 Å². The molecule has 0 saturated heterocycles. The molecule has 0 N–H and O–H groups in total. The van der Waals surface area contributed by atoms with E-state index in [2.05, 4.69) is 23.9 Å². The molecule has 0 spiro atoms. The lowest BCUT2D eigenvalue weighted by Gasteiger charge is -2.09. The first-order valence-corrected chi connectivity index (χ1v) is 10.1. The van der Waals surface area contributed by atoms with Gasteiger partial charge in [0.1, 0.15) is 10.6 Å². The highest BCUT2D eigenvalue weighted by Gasteiger charge is 2.22. The highest BCUT2D eigenvalue weighted by atomic mass is 32.1. The predicted octanol–water partition coefficient (Wildman–Crippen LogP) is 4.42. The molecule has 4 heterocycles. The highest BCUT2D eigenvalue weighted by molar-refractivity contribution is 7.19. The summed E-state index contributed by atoms with van der Waals surface area (Å²) in [7, 11) is 0. The largest absolute Gasteiger partial charge is 0.461 e. The number of aryl methyl sites for hydroxylation is 2. The molecular formula is C21H17FN4O2S. The van der Waals surface area contributed by atoms with Gasteiger partial charge < -0.3 is 4.42 Å². The summed E-state index contributed by atoms with van der Waals surface area (Å²) in [4.78, 5) is 19.9. The number of rotatable bonds is 4. The molecule has 0 aliphatic rings. The van der Waals surface area contributed by atoms with Gasteiger partial charge >= 0.3 is 5.69 Å². The molecule has 5 rings (SSSR count). The molecule has 0 bridgehead atoms. The number of nitrogens with zero attached hydrogens (tertiary/aromatic N) is 4. The quantitative estimate of drug-likeness (QED) is 0.441. The minimum absolute atomic E-state index is 0.286. The Labute approximate surface area is 168 Å². The van der Waals surface area contributed by atoms with Gasteiger partial charge in [-0.2, -0.15) is 4.52 Å². The number of thiophene rings is 1. The lowest BCUT2D eigenvalue weighted by Crippen LogP contribution is -2.28. The topological polar surface area (TPSA) is 65.3 Å². The van der Waals surface area contributed by atoms with E-state index in [9.17, 15) is 9.18 Å². The molecule has 0 unspecified atom stereocenters. The second-order valence-corrected chi connectivity index (χ2v) is 8.02. The summed E-state index contributed by atoms with van der Waals surface area (Å²) in [5, 5.41) is 5.36. The van der Waals surface area contributed by atoms with Crippen LogP contribution in [0.15, 0.2) is 51.9 Å². The Hall–Kier alpha value is -3.26. The maximum atomic E-state index is 13.3. The van der Waals surface area contributed by atoms with E-state index in [0.29, 0.717) is 23.8 Å². The van der Waals surface area contributed by atoms with E-state index in [1.54, 1.807) is 46.4 Å². The summed E-state index contributed by atoms with van der Waals surface area (Å²) in [6.07, 6.45) is 2.37. The van der Waals surface area contributed by atoms with Gasteiger partial charge in [-0.1, -0.05) is 19.1 Å². The lowest BCUT2D eigenvalue weighted by molar-refractivity contribution is 0.576. The van der Waals surface area contributed by atoms with Crippen LogP contribution in [0.2, 0.25) is 0 Å². The second-order valence-electron chi connectivity index (χ2n) is 6.81. The zero-order valence-electron chi connectivity index (χ0n) is 15.8. The Bertz CT molecular complexity index is 1400. The van der Waals surface area contributed by atoms with Crippen molar-refractivity contribution in [3.05, 3.63) is 75.0 Å². The van der Waals surface area contributed by atoms with Gasteiger partial charge in [0.15, 0.2) is 11.4 Å². The molecule has 8 heteroatoms. The third-order valence-corrected chi connectivity index (χ3v) is 6.20. The average molecular weight is 408 g/mol. The van der Waals surface area contributed by atoms with Crippen LogP contribution in [0.4, 0.5) is 4.39 Å². The minimum atomic E-state index is -0.304. The molecule has 6 nitrogen and oxygen atoms in total. The van der Waals surface area contributed by atoms with Crippen LogP contribution >= 0.6 is 11.3 Å². The maximum absolute atomic E-state index is 13.3. The molecule has 0 fully saturated rings. The minimum Gasteiger partial charge on any atom is -0.461 e. The fourth-order valence-electron chi connectivity index (χ4n) is 3.64.